The van der Waals surface area contributed by atoms with E-state index in [0.29, 0.717) is 41.5 Å². The average Bonchev–Trinajstić information content (AvgIpc) is 2.65. The molecule has 7 nitrogen and oxygen atoms in total. The number of aryl methyl sites for hydroxylation is 1. The summed E-state index contributed by atoms with van der Waals surface area (Å²) in [6.07, 6.45) is 1.68. The maximum Gasteiger partial charge on any atom is 0.255 e. The summed E-state index contributed by atoms with van der Waals surface area (Å²) in [5, 5.41) is 7.91. The molecule has 28 heavy (non-hydrogen) atoms. The minimum Gasteiger partial charge on any atom is -0.490 e. The first-order valence-corrected chi connectivity index (χ1v) is 10.6. The maximum absolute atomic E-state index is 12.6. The Balaban J connectivity index is 2.26. The normalized spacial score (nSPS) is 11.1. The van der Waals surface area contributed by atoms with Gasteiger partial charge in [-0.05, 0) is 55.7 Å². The van der Waals surface area contributed by atoms with Crippen molar-refractivity contribution in [2.75, 3.05) is 18.5 Å². The summed E-state index contributed by atoms with van der Waals surface area (Å²) in [6.45, 7) is 6.68. The molecule has 8 heteroatoms. The molecule has 0 spiro atoms. The van der Waals surface area contributed by atoms with Gasteiger partial charge in [-0.3, -0.25) is 4.79 Å². The van der Waals surface area contributed by atoms with Crippen molar-refractivity contribution in [2.24, 2.45) is 5.14 Å². The van der Waals surface area contributed by atoms with E-state index in [9.17, 15) is 13.2 Å². The highest BCUT2D eigenvalue weighted by Crippen LogP contribution is 2.29. The summed E-state index contributed by atoms with van der Waals surface area (Å²) in [6, 6.07) is 9.50. The molecule has 2 rings (SSSR count). The molecule has 0 radical (unpaired) electrons. The largest absolute Gasteiger partial charge is 0.490 e. The smallest absolute Gasteiger partial charge is 0.255 e. The van der Waals surface area contributed by atoms with Crippen LogP contribution in [-0.2, 0) is 10.0 Å². The Hall–Kier alpha value is -2.58. The molecule has 0 fully saturated rings. The highest BCUT2D eigenvalue weighted by molar-refractivity contribution is 7.89. The summed E-state index contributed by atoms with van der Waals surface area (Å²) in [4.78, 5) is 12.6. The first-order chi connectivity index (χ1) is 13.3. The van der Waals surface area contributed by atoms with E-state index in [2.05, 4.69) is 5.32 Å². The van der Waals surface area contributed by atoms with Crippen molar-refractivity contribution in [1.82, 2.24) is 0 Å². The molecule has 0 aromatic heterocycles. The highest BCUT2D eigenvalue weighted by atomic mass is 32.2. The molecular weight excluding hydrogens is 380 g/mol. The van der Waals surface area contributed by atoms with Gasteiger partial charge in [0.1, 0.15) is 0 Å². The quantitative estimate of drug-likeness (QED) is 0.663. The monoisotopic (exact) mass is 406 g/mol. The Morgan fingerprint density at radius 2 is 1.64 bits per heavy atom. The number of hydrogen-bond acceptors (Lipinski definition) is 5. The molecule has 0 aliphatic carbocycles. The van der Waals surface area contributed by atoms with Crippen molar-refractivity contribution in [3.05, 3.63) is 47.5 Å². The maximum atomic E-state index is 12.6. The van der Waals surface area contributed by atoms with Crippen LogP contribution in [0.1, 0.15) is 42.6 Å². The molecule has 0 bridgehead atoms. The van der Waals surface area contributed by atoms with Gasteiger partial charge in [0.2, 0.25) is 10.0 Å². The fraction of sp³-hybridized carbons (Fsp3) is 0.350. The number of sulfonamides is 1. The Bertz CT molecular complexity index is 942. The molecule has 152 valence electrons. The Morgan fingerprint density at radius 1 is 1.00 bits per heavy atom. The molecule has 3 N–H and O–H groups in total. The second kappa shape index (κ2) is 9.57. The van der Waals surface area contributed by atoms with E-state index in [1.54, 1.807) is 37.3 Å². The third-order valence-electron chi connectivity index (χ3n) is 3.88. The molecule has 1 amide bonds. The van der Waals surface area contributed by atoms with Crippen molar-refractivity contribution in [2.45, 2.75) is 38.5 Å². The van der Waals surface area contributed by atoms with Crippen LogP contribution in [0.25, 0.3) is 0 Å². The number of primary sulfonamides is 1. The lowest BCUT2D eigenvalue weighted by Gasteiger charge is -2.14. The summed E-state index contributed by atoms with van der Waals surface area (Å²) in [5.74, 6) is 0.684. The summed E-state index contributed by atoms with van der Waals surface area (Å²) in [7, 11) is -3.88. The number of hydrogen-bond donors (Lipinski definition) is 2. The number of carbonyl (C=O) groups excluding carboxylic acids is 1. The van der Waals surface area contributed by atoms with Crippen molar-refractivity contribution in [3.8, 4) is 11.5 Å². The van der Waals surface area contributed by atoms with Gasteiger partial charge in [-0.1, -0.05) is 19.9 Å². The SMILES string of the molecule is CCCOc1ccc(C(=O)Nc2ccc(C)c(S(N)(=O)=O)c2)cc1OCCC. The minimum absolute atomic E-state index is 0.0272. The van der Waals surface area contributed by atoms with Crippen LogP contribution in [0, 0.1) is 6.92 Å². The van der Waals surface area contributed by atoms with Crippen LogP contribution in [-0.4, -0.2) is 27.5 Å². The van der Waals surface area contributed by atoms with Gasteiger partial charge in [0.05, 0.1) is 18.1 Å². The highest BCUT2D eigenvalue weighted by Gasteiger charge is 2.15. The van der Waals surface area contributed by atoms with Gasteiger partial charge in [0.25, 0.3) is 5.91 Å². The van der Waals surface area contributed by atoms with Gasteiger partial charge in [-0.15, -0.1) is 0 Å². The Morgan fingerprint density at radius 3 is 2.25 bits per heavy atom. The van der Waals surface area contributed by atoms with Crippen LogP contribution in [0.4, 0.5) is 5.69 Å². The number of nitrogens with one attached hydrogen (secondary N) is 1. The zero-order valence-corrected chi connectivity index (χ0v) is 17.1. The second-order valence-electron chi connectivity index (χ2n) is 6.34. The Kier molecular flexibility index (Phi) is 7.42. The lowest BCUT2D eigenvalue weighted by atomic mass is 10.1. The van der Waals surface area contributed by atoms with Gasteiger partial charge in [-0.25, -0.2) is 13.6 Å². The molecule has 0 aliphatic heterocycles. The molecule has 0 heterocycles. The number of rotatable bonds is 9. The van der Waals surface area contributed by atoms with E-state index in [0.717, 1.165) is 12.8 Å². The van der Waals surface area contributed by atoms with E-state index >= 15 is 0 Å². The fourth-order valence-corrected chi connectivity index (χ4v) is 3.30. The van der Waals surface area contributed by atoms with E-state index < -0.39 is 15.9 Å². The minimum atomic E-state index is -3.88. The topological polar surface area (TPSA) is 108 Å². The van der Waals surface area contributed by atoms with Crippen LogP contribution < -0.4 is 19.9 Å². The van der Waals surface area contributed by atoms with Crippen LogP contribution in [0.15, 0.2) is 41.3 Å². The number of carbonyl (C=O) groups is 1. The lowest BCUT2D eigenvalue weighted by Crippen LogP contribution is -2.16. The van der Waals surface area contributed by atoms with Gasteiger partial charge in [-0.2, -0.15) is 0 Å². The van der Waals surface area contributed by atoms with Gasteiger partial charge in [0, 0.05) is 11.3 Å². The number of ether oxygens (including phenoxy) is 2. The van der Waals surface area contributed by atoms with E-state index in [-0.39, 0.29) is 4.90 Å². The molecule has 2 aromatic carbocycles. The third-order valence-corrected chi connectivity index (χ3v) is 4.93. The van der Waals surface area contributed by atoms with E-state index in [1.807, 2.05) is 13.8 Å². The molecule has 0 aliphatic rings. The van der Waals surface area contributed by atoms with E-state index in [4.69, 9.17) is 14.6 Å². The predicted molar refractivity (Wildman–Crippen MR) is 109 cm³/mol. The van der Waals surface area contributed by atoms with Gasteiger partial charge < -0.3 is 14.8 Å². The van der Waals surface area contributed by atoms with Crippen LogP contribution in [0.5, 0.6) is 11.5 Å². The van der Waals surface area contributed by atoms with Crippen molar-refractivity contribution < 1.29 is 22.7 Å². The summed E-state index contributed by atoms with van der Waals surface area (Å²) >= 11 is 0. The Labute approximate surface area is 165 Å². The number of amides is 1. The molecular formula is C20H26N2O5S. The third kappa shape index (κ3) is 5.71. The van der Waals surface area contributed by atoms with Gasteiger partial charge in [0.15, 0.2) is 11.5 Å². The molecule has 0 unspecified atom stereocenters. The molecule has 0 saturated carbocycles. The van der Waals surface area contributed by atoms with Gasteiger partial charge >= 0.3 is 0 Å². The van der Waals surface area contributed by atoms with Crippen molar-refractivity contribution >= 4 is 21.6 Å². The first kappa shape index (κ1) is 21.7. The zero-order valence-electron chi connectivity index (χ0n) is 16.3. The standard InChI is InChI=1S/C20H26N2O5S/c1-4-10-26-17-9-7-15(12-18(17)27-11-5-2)20(23)22-16-8-6-14(3)19(13-16)28(21,24)25/h6-9,12-13H,4-5,10-11H2,1-3H3,(H,22,23)(H2,21,24,25). The first-order valence-electron chi connectivity index (χ1n) is 9.10. The van der Waals surface area contributed by atoms with Crippen LogP contribution in [0.2, 0.25) is 0 Å². The van der Waals surface area contributed by atoms with E-state index in [1.165, 1.54) is 6.07 Å². The fourth-order valence-electron chi connectivity index (χ4n) is 2.49. The molecule has 0 atom stereocenters. The molecule has 2 aromatic rings. The number of anilines is 1. The van der Waals surface area contributed by atoms with Crippen molar-refractivity contribution in [3.63, 3.8) is 0 Å². The zero-order chi connectivity index (χ0) is 20.7. The summed E-state index contributed by atoms with van der Waals surface area (Å²) in [5.41, 5.74) is 1.21. The molecule has 0 saturated heterocycles. The number of nitrogens with two attached hydrogens (primary N) is 1. The second-order valence-corrected chi connectivity index (χ2v) is 7.87. The van der Waals surface area contributed by atoms with Crippen LogP contribution in [0.3, 0.4) is 0 Å². The predicted octanol–water partition coefficient (Wildman–Crippen LogP) is 3.47. The average molecular weight is 407 g/mol. The van der Waals surface area contributed by atoms with Crippen molar-refractivity contribution in [1.29, 1.82) is 0 Å². The summed E-state index contributed by atoms with van der Waals surface area (Å²) < 4.78 is 34.7. The van der Waals surface area contributed by atoms with Crippen LogP contribution >= 0.6 is 0 Å². The lowest BCUT2D eigenvalue weighted by molar-refractivity contribution is 0.102. The number of benzene rings is 2.